The zero-order valence-electron chi connectivity index (χ0n) is 31.8. The average molecular weight is 741 g/mol. The number of aryl methyl sites for hydroxylation is 1. The van der Waals surface area contributed by atoms with Gasteiger partial charge in [-0.05, 0) is 94.0 Å². The summed E-state index contributed by atoms with van der Waals surface area (Å²) in [5.74, 6) is 1.77. The molecule has 0 aliphatic carbocycles. The van der Waals surface area contributed by atoms with Gasteiger partial charge in [0.15, 0.2) is 6.79 Å². The number of anilines is 1. The van der Waals surface area contributed by atoms with Crippen molar-refractivity contribution in [3.8, 4) is 28.9 Å². The molecule has 5 atom stereocenters. The molecule has 0 radical (unpaired) electrons. The maximum Gasteiger partial charge on any atom is 0.410 e. The Balaban J connectivity index is 1.17. The van der Waals surface area contributed by atoms with Crippen LogP contribution in [0.3, 0.4) is 0 Å². The molecule has 0 unspecified atom stereocenters. The number of hydrogen-bond acceptors (Lipinski definition) is 11. The van der Waals surface area contributed by atoms with Gasteiger partial charge in [-0.3, -0.25) is 9.80 Å². The predicted molar refractivity (Wildman–Crippen MR) is 202 cm³/mol. The summed E-state index contributed by atoms with van der Waals surface area (Å²) in [6.07, 6.45) is 3.69. The van der Waals surface area contributed by atoms with Crippen LogP contribution in [0.2, 0.25) is 0 Å². The highest BCUT2D eigenvalue weighted by Gasteiger charge is 2.52. The predicted octanol–water partition coefficient (Wildman–Crippen LogP) is 6.69. The number of halogens is 1. The summed E-state index contributed by atoms with van der Waals surface area (Å²) >= 11 is 0. The Morgan fingerprint density at radius 3 is 2.74 bits per heavy atom. The van der Waals surface area contributed by atoms with E-state index < -0.39 is 11.8 Å². The third kappa shape index (κ3) is 6.03. The van der Waals surface area contributed by atoms with Crippen LogP contribution in [-0.4, -0.2) is 113 Å². The highest BCUT2D eigenvalue weighted by Crippen LogP contribution is 2.46. The molecule has 4 fully saturated rings. The molecule has 54 heavy (non-hydrogen) atoms. The Kier molecular flexibility index (Phi) is 8.72. The number of ether oxygens (including phenoxy) is 5. The van der Waals surface area contributed by atoms with E-state index in [1.54, 1.807) is 7.11 Å². The minimum absolute atomic E-state index is 0.0520. The van der Waals surface area contributed by atoms with Crippen LogP contribution in [0.25, 0.3) is 32.9 Å². The molecule has 4 aromatic rings. The molecule has 2 bridgehead atoms. The second-order valence-corrected chi connectivity index (χ2v) is 16.5. The molecule has 7 heterocycles. The molecule has 5 aliphatic rings. The van der Waals surface area contributed by atoms with E-state index in [-0.39, 0.29) is 42.6 Å². The van der Waals surface area contributed by atoms with Crippen molar-refractivity contribution >= 4 is 33.6 Å². The van der Waals surface area contributed by atoms with Gasteiger partial charge in [-0.1, -0.05) is 25.1 Å². The number of amides is 1. The molecule has 2 aromatic heterocycles. The second kappa shape index (κ2) is 13.4. The van der Waals surface area contributed by atoms with E-state index in [1.165, 1.54) is 5.56 Å². The van der Waals surface area contributed by atoms with Gasteiger partial charge in [-0.2, -0.15) is 9.97 Å². The maximum absolute atomic E-state index is 14.7. The number of aromatic nitrogens is 3. The number of piperazine rings is 1. The van der Waals surface area contributed by atoms with Gasteiger partial charge in [0.2, 0.25) is 5.88 Å². The summed E-state index contributed by atoms with van der Waals surface area (Å²) in [6.45, 7) is 10.4. The standard InChI is InChI=1S/C41H49FN6O6/c1-6-24-9-7-10-25-15-28(53-23-50-5)16-29(34(24)25)30-17-31-35-36(45-38(44-31)52-22-41-13-8-14-46(41)19-26(42)18-41)47-20-27-11-12-32(33(47)21-51-37(35)43-30)48(27)39(49)54-40(2,3)4/h7,9-10,15-17,26-27,32-33H,6,8,11-14,18-23H2,1-5H3/t26-,27+,32-,33+,41+/m0/s1. The zero-order valence-corrected chi connectivity index (χ0v) is 31.8. The lowest BCUT2D eigenvalue weighted by Gasteiger charge is -2.46. The van der Waals surface area contributed by atoms with E-state index >= 15 is 0 Å². The fourth-order valence-corrected chi connectivity index (χ4v) is 9.68. The van der Waals surface area contributed by atoms with E-state index in [1.807, 2.05) is 43.9 Å². The number of carbonyl (C=O) groups is 1. The first kappa shape index (κ1) is 35.2. The Morgan fingerprint density at radius 2 is 1.93 bits per heavy atom. The van der Waals surface area contributed by atoms with Crippen molar-refractivity contribution in [3.05, 3.63) is 42.0 Å². The number of hydrogen-bond donors (Lipinski definition) is 0. The molecule has 13 heteroatoms. The lowest BCUT2D eigenvalue weighted by molar-refractivity contribution is 0.00537. The van der Waals surface area contributed by atoms with Crippen LogP contribution in [-0.2, 0) is 15.9 Å². The molecule has 5 aliphatic heterocycles. The molecule has 0 saturated carbocycles. The molecular formula is C41H49FN6O6. The van der Waals surface area contributed by atoms with Crippen LogP contribution in [0, 0.1) is 0 Å². The summed E-state index contributed by atoms with van der Waals surface area (Å²) in [5, 5.41) is 2.81. The molecule has 0 N–H and O–H groups in total. The van der Waals surface area contributed by atoms with E-state index in [2.05, 4.69) is 34.9 Å². The number of methoxy groups -OCH3 is 1. The second-order valence-electron chi connectivity index (χ2n) is 16.5. The Labute approximate surface area is 314 Å². The summed E-state index contributed by atoms with van der Waals surface area (Å²) in [5.41, 5.74) is 2.41. The Hall–Kier alpha value is -4.49. The van der Waals surface area contributed by atoms with Gasteiger partial charge < -0.3 is 28.6 Å². The van der Waals surface area contributed by atoms with Crippen LogP contribution in [0.4, 0.5) is 15.0 Å². The number of carbonyl (C=O) groups excluding carboxylic acids is 1. The van der Waals surface area contributed by atoms with E-state index in [4.69, 9.17) is 38.6 Å². The van der Waals surface area contributed by atoms with E-state index in [9.17, 15) is 9.18 Å². The van der Waals surface area contributed by atoms with Crippen molar-refractivity contribution in [3.63, 3.8) is 0 Å². The summed E-state index contributed by atoms with van der Waals surface area (Å²) in [7, 11) is 1.60. The highest BCUT2D eigenvalue weighted by molar-refractivity contribution is 6.03. The number of rotatable bonds is 8. The van der Waals surface area contributed by atoms with Crippen LogP contribution >= 0.6 is 0 Å². The molecule has 0 spiro atoms. The SMILES string of the molecule is CCc1cccc2cc(OCOC)cc(-c3cc4nc(OC[C@]56CCCN5C[C@@H](F)C6)nc5c4c(n3)OC[C@@H]3[C@@H]4CC[C@H](CN53)N4C(=O)OC(C)(C)C)c12. The number of nitrogens with zero attached hydrogens (tertiary/aromatic N) is 6. The van der Waals surface area contributed by atoms with Crippen molar-refractivity contribution in [2.75, 3.05) is 51.7 Å². The lowest BCUT2D eigenvalue weighted by Crippen LogP contribution is -2.63. The number of pyridine rings is 1. The van der Waals surface area contributed by atoms with Crippen molar-refractivity contribution in [2.45, 2.75) is 102 Å². The van der Waals surface area contributed by atoms with Crippen molar-refractivity contribution in [1.29, 1.82) is 0 Å². The first-order valence-corrected chi connectivity index (χ1v) is 19.4. The normalized spacial score (nSPS) is 26.1. The Bertz CT molecular complexity index is 2110. The smallest absolute Gasteiger partial charge is 0.410 e. The maximum atomic E-state index is 14.7. The molecule has 4 saturated heterocycles. The molecule has 12 nitrogen and oxygen atoms in total. The first-order chi connectivity index (χ1) is 26.0. The van der Waals surface area contributed by atoms with Gasteiger partial charge in [0, 0.05) is 32.2 Å². The molecule has 286 valence electrons. The van der Waals surface area contributed by atoms with Crippen LogP contribution < -0.4 is 19.1 Å². The van der Waals surface area contributed by atoms with Crippen molar-refractivity contribution in [2.24, 2.45) is 0 Å². The Morgan fingerprint density at radius 1 is 1.06 bits per heavy atom. The van der Waals surface area contributed by atoms with Gasteiger partial charge in [-0.25, -0.2) is 14.2 Å². The zero-order chi connectivity index (χ0) is 37.4. The van der Waals surface area contributed by atoms with E-state index in [0.717, 1.165) is 55.0 Å². The van der Waals surface area contributed by atoms with Crippen molar-refractivity contribution in [1.82, 2.24) is 24.8 Å². The van der Waals surface area contributed by atoms with Crippen molar-refractivity contribution < 1.29 is 32.9 Å². The van der Waals surface area contributed by atoms with Gasteiger partial charge in [0.25, 0.3) is 0 Å². The van der Waals surface area contributed by atoms with Crippen LogP contribution in [0.5, 0.6) is 17.6 Å². The average Bonchev–Trinajstić information content (AvgIpc) is 3.75. The van der Waals surface area contributed by atoms with Gasteiger partial charge >= 0.3 is 12.1 Å². The lowest BCUT2D eigenvalue weighted by atomic mass is 9.95. The molecular weight excluding hydrogens is 691 g/mol. The van der Waals surface area contributed by atoms with Gasteiger partial charge in [0.1, 0.15) is 41.9 Å². The minimum atomic E-state index is -0.867. The van der Waals surface area contributed by atoms with Gasteiger partial charge in [0.05, 0.1) is 34.9 Å². The van der Waals surface area contributed by atoms with Crippen LogP contribution in [0.15, 0.2) is 36.4 Å². The molecule has 1 amide bonds. The summed E-state index contributed by atoms with van der Waals surface area (Å²) < 4.78 is 45.1. The number of alkyl halides is 1. The molecule has 2 aromatic carbocycles. The topological polar surface area (TPSA) is 112 Å². The molecule has 9 rings (SSSR count). The summed E-state index contributed by atoms with van der Waals surface area (Å²) in [6, 6.07) is 12.1. The number of benzene rings is 2. The third-order valence-corrected chi connectivity index (χ3v) is 11.9. The van der Waals surface area contributed by atoms with E-state index in [0.29, 0.717) is 66.8 Å². The fourth-order valence-electron chi connectivity index (χ4n) is 9.68. The quantitative estimate of drug-likeness (QED) is 0.180. The minimum Gasteiger partial charge on any atom is -0.475 e. The largest absolute Gasteiger partial charge is 0.475 e. The monoisotopic (exact) mass is 740 g/mol. The third-order valence-electron chi connectivity index (χ3n) is 11.9. The van der Waals surface area contributed by atoms with Gasteiger partial charge in [-0.15, -0.1) is 0 Å². The number of fused-ring (bicyclic) bond motifs is 7. The first-order valence-electron chi connectivity index (χ1n) is 19.4. The summed E-state index contributed by atoms with van der Waals surface area (Å²) in [4.78, 5) is 35.4. The fraction of sp³-hybridized carbons (Fsp3) is 0.561. The highest BCUT2D eigenvalue weighted by atomic mass is 19.1. The van der Waals surface area contributed by atoms with Crippen LogP contribution in [0.1, 0.15) is 65.4 Å².